The van der Waals surface area contributed by atoms with Crippen LogP contribution in [0.2, 0.25) is 5.02 Å². The molecule has 124 valence electrons. The second-order valence-corrected chi connectivity index (χ2v) is 5.10. The van der Waals surface area contributed by atoms with Gasteiger partial charge in [0, 0.05) is 0 Å². The van der Waals surface area contributed by atoms with E-state index in [1.807, 2.05) is 0 Å². The van der Waals surface area contributed by atoms with Gasteiger partial charge >= 0.3 is 5.97 Å². The summed E-state index contributed by atoms with van der Waals surface area (Å²) in [5, 5.41) is 10.1. The highest BCUT2D eigenvalue weighted by Crippen LogP contribution is 2.25. The topological polar surface area (TPSA) is 78.1 Å². The Morgan fingerprint density at radius 2 is 2.17 bits per heavy atom. The standard InChI is InChI=1S/C16H17ClO6/c1-20-16(19)11-4-5-15(14(17)7-11)23-9-12(18)8-21-10-13-3-2-6-22-13/h2-7,12,18H,8-10H2,1H3. The van der Waals surface area contributed by atoms with Gasteiger partial charge in [0.15, 0.2) is 0 Å². The number of furan rings is 1. The molecular formula is C16H17ClO6. The number of hydrogen-bond acceptors (Lipinski definition) is 6. The van der Waals surface area contributed by atoms with Crippen LogP contribution in [0.4, 0.5) is 0 Å². The summed E-state index contributed by atoms with van der Waals surface area (Å²) in [7, 11) is 1.29. The highest BCUT2D eigenvalue weighted by Gasteiger charge is 2.11. The molecular weight excluding hydrogens is 324 g/mol. The normalized spacial score (nSPS) is 12.0. The largest absolute Gasteiger partial charge is 0.489 e. The zero-order valence-electron chi connectivity index (χ0n) is 12.5. The Morgan fingerprint density at radius 3 is 2.83 bits per heavy atom. The van der Waals surface area contributed by atoms with Gasteiger partial charge in [-0.1, -0.05) is 11.6 Å². The van der Waals surface area contributed by atoms with Gasteiger partial charge in [-0.05, 0) is 30.3 Å². The molecule has 7 heteroatoms. The first-order valence-electron chi connectivity index (χ1n) is 6.89. The summed E-state index contributed by atoms with van der Waals surface area (Å²) >= 11 is 6.03. The molecule has 1 unspecified atom stereocenters. The van der Waals surface area contributed by atoms with Crippen molar-refractivity contribution in [1.82, 2.24) is 0 Å². The Morgan fingerprint density at radius 1 is 1.35 bits per heavy atom. The smallest absolute Gasteiger partial charge is 0.337 e. The number of hydrogen-bond donors (Lipinski definition) is 1. The van der Waals surface area contributed by atoms with E-state index in [1.54, 1.807) is 24.5 Å². The van der Waals surface area contributed by atoms with Crippen molar-refractivity contribution in [2.45, 2.75) is 12.7 Å². The summed E-state index contributed by atoms with van der Waals surface area (Å²) in [5.74, 6) is 0.564. The molecule has 23 heavy (non-hydrogen) atoms. The number of methoxy groups -OCH3 is 1. The molecule has 0 aliphatic rings. The molecule has 1 heterocycles. The zero-order chi connectivity index (χ0) is 16.7. The predicted molar refractivity (Wildman–Crippen MR) is 82.7 cm³/mol. The van der Waals surface area contributed by atoms with E-state index in [9.17, 15) is 9.90 Å². The third-order valence-electron chi connectivity index (χ3n) is 2.92. The van der Waals surface area contributed by atoms with E-state index < -0.39 is 12.1 Å². The van der Waals surface area contributed by atoms with E-state index in [0.717, 1.165) is 0 Å². The number of aliphatic hydroxyl groups excluding tert-OH is 1. The predicted octanol–water partition coefficient (Wildman–Crippen LogP) is 2.68. The lowest BCUT2D eigenvalue weighted by Crippen LogP contribution is -2.23. The van der Waals surface area contributed by atoms with Gasteiger partial charge in [0.05, 0.1) is 30.6 Å². The third kappa shape index (κ3) is 5.28. The lowest BCUT2D eigenvalue weighted by molar-refractivity contribution is 0.000890. The van der Waals surface area contributed by atoms with E-state index in [4.69, 9.17) is 25.5 Å². The second kappa shape index (κ2) is 8.57. The molecule has 0 spiro atoms. The minimum absolute atomic E-state index is 0.00937. The third-order valence-corrected chi connectivity index (χ3v) is 3.21. The Labute approximate surface area is 138 Å². The molecule has 1 aromatic heterocycles. The number of benzene rings is 1. The van der Waals surface area contributed by atoms with Gasteiger partial charge in [-0.15, -0.1) is 0 Å². The average molecular weight is 341 g/mol. The zero-order valence-corrected chi connectivity index (χ0v) is 13.3. The van der Waals surface area contributed by atoms with Gasteiger partial charge in [-0.3, -0.25) is 0 Å². The fourth-order valence-corrected chi connectivity index (χ4v) is 2.02. The fraction of sp³-hybridized carbons (Fsp3) is 0.312. The minimum atomic E-state index is -0.818. The monoisotopic (exact) mass is 340 g/mol. The quantitative estimate of drug-likeness (QED) is 0.744. The number of aliphatic hydroxyl groups is 1. The van der Waals surface area contributed by atoms with Crippen LogP contribution in [0.15, 0.2) is 41.0 Å². The molecule has 1 aromatic carbocycles. The number of ether oxygens (including phenoxy) is 3. The number of esters is 1. The van der Waals surface area contributed by atoms with Gasteiger partial charge in [0.25, 0.3) is 0 Å². The first kappa shape index (κ1) is 17.3. The van der Waals surface area contributed by atoms with Gasteiger partial charge in [0.2, 0.25) is 0 Å². The van der Waals surface area contributed by atoms with Crippen molar-refractivity contribution in [3.63, 3.8) is 0 Å². The van der Waals surface area contributed by atoms with Gasteiger partial charge in [-0.2, -0.15) is 0 Å². The number of carbonyl (C=O) groups excluding carboxylic acids is 1. The van der Waals surface area contributed by atoms with Gasteiger partial charge < -0.3 is 23.7 Å². The van der Waals surface area contributed by atoms with Crippen molar-refractivity contribution in [2.75, 3.05) is 20.3 Å². The molecule has 0 saturated carbocycles. The van der Waals surface area contributed by atoms with Crippen LogP contribution >= 0.6 is 11.6 Å². The van der Waals surface area contributed by atoms with E-state index in [2.05, 4.69) is 4.74 Å². The molecule has 1 N–H and O–H groups in total. The molecule has 0 bridgehead atoms. The molecule has 0 amide bonds. The van der Waals surface area contributed by atoms with Crippen LogP contribution in [-0.2, 0) is 16.1 Å². The highest BCUT2D eigenvalue weighted by molar-refractivity contribution is 6.32. The van der Waals surface area contributed by atoms with E-state index in [1.165, 1.54) is 19.2 Å². The number of rotatable bonds is 8. The van der Waals surface area contributed by atoms with E-state index in [0.29, 0.717) is 17.1 Å². The number of halogens is 1. The molecule has 2 aromatic rings. The van der Waals surface area contributed by atoms with Crippen LogP contribution in [0.3, 0.4) is 0 Å². The van der Waals surface area contributed by atoms with E-state index >= 15 is 0 Å². The molecule has 1 atom stereocenters. The maximum atomic E-state index is 11.4. The molecule has 0 radical (unpaired) electrons. The van der Waals surface area contributed by atoms with Crippen molar-refractivity contribution < 1.29 is 28.5 Å². The average Bonchev–Trinajstić information content (AvgIpc) is 3.06. The maximum absolute atomic E-state index is 11.4. The second-order valence-electron chi connectivity index (χ2n) is 4.70. The summed E-state index contributed by atoms with van der Waals surface area (Å²) in [6, 6.07) is 8.07. The van der Waals surface area contributed by atoms with Gasteiger partial charge in [0.1, 0.15) is 30.8 Å². The van der Waals surface area contributed by atoms with Crippen molar-refractivity contribution >= 4 is 17.6 Å². The Bertz CT molecular complexity index is 626. The molecule has 0 aliphatic carbocycles. The summed E-state index contributed by atoms with van der Waals surface area (Å²) in [6.45, 7) is 0.382. The minimum Gasteiger partial charge on any atom is -0.489 e. The first-order valence-corrected chi connectivity index (χ1v) is 7.27. The summed E-state index contributed by atoms with van der Waals surface area (Å²) < 4.78 is 20.4. The van der Waals surface area contributed by atoms with Crippen molar-refractivity contribution in [1.29, 1.82) is 0 Å². The Balaban J connectivity index is 1.77. The summed E-state index contributed by atoms with van der Waals surface area (Å²) in [5.41, 5.74) is 0.326. The molecule has 2 rings (SSSR count). The lowest BCUT2D eigenvalue weighted by Gasteiger charge is -2.13. The van der Waals surface area contributed by atoms with Gasteiger partial charge in [-0.25, -0.2) is 4.79 Å². The molecule has 0 fully saturated rings. The van der Waals surface area contributed by atoms with Crippen LogP contribution < -0.4 is 4.74 Å². The fourth-order valence-electron chi connectivity index (χ4n) is 1.79. The first-order chi connectivity index (χ1) is 11.1. The van der Waals surface area contributed by atoms with Crippen molar-refractivity contribution in [2.24, 2.45) is 0 Å². The van der Waals surface area contributed by atoms with Crippen LogP contribution in [0, 0.1) is 0 Å². The van der Waals surface area contributed by atoms with Crippen LogP contribution in [-0.4, -0.2) is 37.5 Å². The van der Waals surface area contributed by atoms with E-state index in [-0.39, 0.29) is 24.8 Å². The van der Waals surface area contributed by atoms with Crippen LogP contribution in [0.1, 0.15) is 16.1 Å². The summed E-state index contributed by atoms with van der Waals surface area (Å²) in [6.07, 6.45) is 0.736. The lowest BCUT2D eigenvalue weighted by atomic mass is 10.2. The van der Waals surface area contributed by atoms with Crippen LogP contribution in [0.5, 0.6) is 5.75 Å². The molecule has 6 nitrogen and oxygen atoms in total. The Hall–Kier alpha value is -2.02. The van der Waals surface area contributed by atoms with Crippen molar-refractivity contribution in [3.8, 4) is 5.75 Å². The maximum Gasteiger partial charge on any atom is 0.337 e. The number of carbonyl (C=O) groups is 1. The molecule has 0 aliphatic heterocycles. The summed E-state index contributed by atoms with van der Waals surface area (Å²) in [4.78, 5) is 11.4. The highest BCUT2D eigenvalue weighted by atomic mass is 35.5. The Kier molecular flexibility index (Phi) is 6.46. The van der Waals surface area contributed by atoms with Crippen LogP contribution in [0.25, 0.3) is 0 Å². The SMILES string of the molecule is COC(=O)c1ccc(OCC(O)COCc2ccco2)c(Cl)c1. The molecule has 0 saturated heterocycles. The van der Waals surface area contributed by atoms with Crippen molar-refractivity contribution in [3.05, 3.63) is 52.9 Å².